The zero-order chi connectivity index (χ0) is 32.6. The van der Waals surface area contributed by atoms with Crippen molar-refractivity contribution in [1.82, 2.24) is 25.1 Å². The van der Waals surface area contributed by atoms with Gasteiger partial charge in [-0.1, -0.05) is 25.1 Å². The van der Waals surface area contributed by atoms with Crippen molar-refractivity contribution < 1.29 is 23.9 Å². The Morgan fingerprint density at radius 2 is 1.86 bits per heavy atom. The van der Waals surface area contributed by atoms with Crippen LogP contribution in [0.25, 0.3) is 0 Å². The first-order valence-corrected chi connectivity index (χ1v) is 14.9. The van der Waals surface area contributed by atoms with Gasteiger partial charge in [-0.3, -0.25) is 14.4 Å². The number of likely N-dealkylation sites (N-methyl/N-ethyl adjacent to an activating group) is 2. The minimum Gasteiger partial charge on any atom is -0.444 e. The third-order valence-electron chi connectivity index (χ3n) is 7.09. The van der Waals surface area contributed by atoms with Gasteiger partial charge in [0.2, 0.25) is 11.8 Å². The van der Waals surface area contributed by atoms with Crippen LogP contribution in [0.4, 0.5) is 16.3 Å². The first-order valence-electron chi connectivity index (χ1n) is 14.9. The van der Waals surface area contributed by atoms with E-state index in [2.05, 4.69) is 15.6 Å². The van der Waals surface area contributed by atoms with Gasteiger partial charge in [0.05, 0.1) is 11.4 Å². The lowest BCUT2D eigenvalue weighted by molar-refractivity contribution is -0.135. The summed E-state index contributed by atoms with van der Waals surface area (Å²) in [5.74, 6) is -0.585. The number of carbonyl (C=O) groups excluding carboxylic acids is 4. The van der Waals surface area contributed by atoms with Crippen LogP contribution in [0.2, 0.25) is 0 Å². The summed E-state index contributed by atoms with van der Waals surface area (Å²) < 4.78 is 5.29. The first kappa shape index (κ1) is 34.0. The molecule has 238 valence electrons. The number of nitrogens with one attached hydrogen (secondary N) is 2. The number of rotatable bonds is 13. The highest BCUT2D eigenvalue weighted by Crippen LogP contribution is 2.41. The Morgan fingerprint density at radius 3 is 2.48 bits per heavy atom. The summed E-state index contributed by atoms with van der Waals surface area (Å²) in [6.45, 7) is 9.52. The highest BCUT2D eigenvalue weighted by atomic mass is 16.6. The van der Waals surface area contributed by atoms with Gasteiger partial charge >= 0.3 is 6.09 Å². The van der Waals surface area contributed by atoms with Crippen molar-refractivity contribution in [3.8, 4) is 0 Å². The van der Waals surface area contributed by atoms with E-state index in [1.165, 1.54) is 15.9 Å². The molecule has 1 saturated carbocycles. The second-order valence-corrected chi connectivity index (χ2v) is 12.0. The molecule has 0 saturated heterocycles. The molecule has 1 atom stereocenters. The zero-order valence-corrected chi connectivity index (χ0v) is 26.8. The second kappa shape index (κ2) is 14.8. The molecule has 0 unspecified atom stereocenters. The van der Waals surface area contributed by atoms with E-state index in [9.17, 15) is 19.2 Å². The molecule has 0 bridgehead atoms. The fourth-order valence-electron chi connectivity index (χ4n) is 4.32. The summed E-state index contributed by atoms with van der Waals surface area (Å²) in [6.07, 6.45) is 5.73. The number of amides is 4. The molecule has 3 rings (SSSR count). The average Bonchev–Trinajstić information content (AvgIpc) is 3.80. The zero-order valence-electron chi connectivity index (χ0n) is 26.8. The molecule has 1 heterocycles. The maximum absolute atomic E-state index is 12.8. The predicted molar refractivity (Wildman–Crippen MR) is 169 cm³/mol. The van der Waals surface area contributed by atoms with Crippen molar-refractivity contribution in [2.24, 2.45) is 5.73 Å². The van der Waals surface area contributed by atoms with E-state index in [0.717, 1.165) is 35.5 Å². The minimum absolute atomic E-state index is 0.112. The number of nitrogens with zero attached hydrogens (tertiary/aromatic N) is 4. The molecule has 1 aromatic carbocycles. The Labute approximate surface area is 259 Å². The van der Waals surface area contributed by atoms with E-state index in [-0.39, 0.29) is 24.1 Å². The van der Waals surface area contributed by atoms with E-state index >= 15 is 0 Å². The van der Waals surface area contributed by atoms with Gasteiger partial charge in [-0.25, -0.2) is 14.8 Å². The lowest BCUT2D eigenvalue weighted by Crippen LogP contribution is -2.45. The molecule has 0 radical (unpaired) electrons. The molecule has 44 heavy (non-hydrogen) atoms. The summed E-state index contributed by atoms with van der Waals surface area (Å²) in [4.78, 5) is 61.5. The number of primary amides is 1. The molecule has 4 amide bonds. The van der Waals surface area contributed by atoms with E-state index in [1.54, 1.807) is 47.9 Å². The van der Waals surface area contributed by atoms with Gasteiger partial charge in [-0.15, -0.1) is 0 Å². The second-order valence-electron chi connectivity index (χ2n) is 12.0. The van der Waals surface area contributed by atoms with Crippen molar-refractivity contribution in [2.75, 3.05) is 32.5 Å². The standard InChI is InChI=1S/C32H45N7O5/c1-8-24-26(22-14-15-22)37-29(27(36-24)28(33)41)35-23-12-9-11-21(19-23)16-17-34-30(42)20(2)39(7)25(40)13-10-18-38(6)31(43)44-32(3,4)5/h9-13,19-20,22H,8,14-18H2,1-7H3,(H2,33,41)(H,34,42)(H,35,37)/b13-10+/t20-/m0/s1. The van der Waals surface area contributed by atoms with Crippen LogP contribution in [0, 0.1) is 0 Å². The number of anilines is 2. The summed E-state index contributed by atoms with van der Waals surface area (Å²) in [5, 5.41) is 6.09. The number of benzene rings is 1. The Hall–Kier alpha value is -4.48. The topological polar surface area (TPSA) is 160 Å². The van der Waals surface area contributed by atoms with Gasteiger partial charge < -0.3 is 30.9 Å². The van der Waals surface area contributed by atoms with Crippen LogP contribution in [0.15, 0.2) is 36.4 Å². The van der Waals surface area contributed by atoms with Crippen molar-refractivity contribution >= 4 is 35.3 Å². The van der Waals surface area contributed by atoms with Crippen molar-refractivity contribution in [3.05, 3.63) is 59.1 Å². The third kappa shape index (κ3) is 9.78. The first-order chi connectivity index (χ1) is 20.7. The quantitative estimate of drug-likeness (QED) is 0.291. The summed E-state index contributed by atoms with van der Waals surface area (Å²) in [5.41, 5.74) is 8.51. The van der Waals surface area contributed by atoms with Gasteiger partial charge in [0, 0.05) is 44.9 Å². The lowest BCUT2D eigenvalue weighted by atomic mass is 10.1. The molecule has 12 nitrogen and oxygen atoms in total. The van der Waals surface area contributed by atoms with Crippen LogP contribution >= 0.6 is 0 Å². The van der Waals surface area contributed by atoms with E-state index in [4.69, 9.17) is 15.5 Å². The van der Waals surface area contributed by atoms with Crippen molar-refractivity contribution in [1.29, 1.82) is 0 Å². The maximum atomic E-state index is 12.8. The molecule has 12 heteroatoms. The maximum Gasteiger partial charge on any atom is 0.410 e. The molecular weight excluding hydrogens is 562 g/mol. The predicted octanol–water partition coefficient (Wildman–Crippen LogP) is 3.69. The SMILES string of the molecule is CCc1nc(C(N)=O)c(Nc2cccc(CCNC(=O)[C@H](C)N(C)C(=O)/C=C/CN(C)C(=O)OC(C)(C)C)c2)nc1C1CC1. The Kier molecular flexibility index (Phi) is 11.4. The molecule has 1 aliphatic carbocycles. The molecular formula is C32H45N7O5. The highest BCUT2D eigenvalue weighted by Gasteiger charge is 2.30. The monoisotopic (exact) mass is 607 g/mol. The largest absolute Gasteiger partial charge is 0.444 e. The van der Waals surface area contributed by atoms with Crippen LogP contribution in [-0.2, 0) is 27.2 Å². The number of hydrogen-bond donors (Lipinski definition) is 3. The van der Waals surface area contributed by atoms with Crippen LogP contribution in [0.1, 0.15) is 80.8 Å². The number of aromatic nitrogens is 2. The number of carbonyl (C=O) groups is 4. The highest BCUT2D eigenvalue weighted by molar-refractivity contribution is 5.96. The smallest absolute Gasteiger partial charge is 0.410 e. The Balaban J connectivity index is 1.53. The lowest BCUT2D eigenvalue weighted by Gasteiger charge is -2.24. The number of aryl methyl sites for hydroxylation is 1. The summed E-state index contributed by atoms with van der Waals surface area (Å²) >= 11 is 0. The minimum atomic E-state index is -0.707. The van der Waals surface area contributed by atoms with Crippen LogP contribution < -0.4 is 16.4 Å². The van der Waals surface area contributed by atoms with E-state index in [0.29, 0.717) is 31.1 Å². The number of hydrogen-bond acceptors (Lipinski definition) is 8. The van der Waals surface area contributed by atoms with Gasteiger partial charge in [-0.2, -0.15) is 0 Å². The summed E-state index contributed by atoms with van der Waals surface area (Å²) in [7, 11) is 3.13. The fraction of sp³-hybridized carbons (Fsp3) is 0.500. The van der Waals surface area contributed by atoms with E-state index in [1.807, 2.05) is 31.2 Å². The van der Waals surface area contributed by atoms with Crippen molar-refractivity contribution in [3.63, 3.8) is 0 Å². The third-order valence-corrected chi connectivity index (χ3v) is 7.09. The Bertz CT molecular complexity index is 1400. The van der Waals surface area contributed by atoms with Crippen LogP contribution in [0.5, 0.6) is 0 Å². The van der Waals surface area contributed by atoms with Crippen LogP contribution in [-0.4, -0.2) is 82.4 Å². The average molecular weight is 608 g/mol. The van der Waals surface area contributed by atoms with Gasteiger partial charge in [0.15, 0.2) is 11.5 Å². The number of nitrogens with two attached hydrogens (primary N) is 1. The van der Waals surface area contributed by atoms with Crippen LogP contribution in [0.3, 0.4) is 0 Å². The molecule has 4 N–H and O–H groups in total. The van der Waals surface area contributed by atoms with Gasteiger partial charge in [0.25, 0.3) is 5.91 Å². The van der Waals surface area contributed by atoms with E-state index < -0.39 is 23.6 Å². The normalized spacial score (nSPS) is 13.7. The fourth-order valence-corrected chi connectivity index (χ4v) is 4.32. The van der Waals surface area contributed by atoms with Crippen molar-refractivity contribution in [2.45, 2.75) is 77.9 Å². The molecule has 0 spiro atoms. The molecule has 0 aliphatic heterocycles. The Morgan fingerprint density at radius 1 is 1.16 bits per heavy atom. The van der Waals surface area contributed by atoms with Gasteiger partial charge in [-0.05, 0) is 71.1 Å². The molecule has 1 aromatic heterocycles. The molecule has 1 fully saturated rings. The van der Waals surface area contributed by atoms with Gasteiger partial charge in [0.1, 0.15) is 11.6 Å². The molecule has 2 aromatic rings. The number of ether oxygens (including phenoxy) is 1. The summed E-state index contributed by atoms with van der Waals surface area (Å²) in [6, 6.07) is 6.88. The molecule has 1 aliphatic rings.